The SMILES string of the molecule is CC(C)C(Br)C(=O)N[C@@H](C)c1cccs1. The minimum atomic E-state index is -0.111. The van der Waals surface area contributed by atoms with Gasteiger partial charge in [0.25, 0.3) is 0 Å². The van der Waals surface area contributed by atoms with Gasteiger partial charge in [-0.25, -0.2) is 0 Å². The van der Waals surface area contributed by atoms with Gasteiger partial charge in [0.1, 0.15) is 0 Å². The molecule has 1 N–H and O–H groups in total. The zero-order valence-corrected chi connectivity index (χ0v) is 11.6. The number of thiophene rings is 1. The molecule has 1 aromatic heterocycles. The van der Waals surface area contributed by atoms with E-state index in [1.807, 2.05) is 38.3 Å². The molecule has 84 valence electrons. The van der Waals surface area contributed by atoms with Crippen LogP contribution in [-0.4, -0.2) is 10.7 Å². The second-order valence-corrected chi connectivity index (χ2v) is 5.86. The molecule has 0 aliphatic rings. The Kier molecular flexibility index (Phi) is 4.80. The number of carbonyl (C=O) groups is 1. The average Bonchev–Trinajstić information content (AvgIpc) is 2.68. The number of amides is 1. The van der Waals surface area contributed by atoms with Gasteiger partial charge in [-0.15, -0.1) is 11.3 Å². The lowest BCUT2D eigenvalue weighted by Gasteiger charge is -2.17. The Morgan fingerprint density at radius 2 is 2.13 bits per heavy atom. The van der Waals surface area contributed by atoms with E-state index in [2.05, 4.69) is 21.2 Å². The van der Waals surface area contributed by atoms with Crippen LogP contribution < -0.4 is 5.32 Å². The van der Waals surface area contributed by atoms with E-state index in [0.717, 1.165) is 0 Å². The van der Waals surface area contributed by atoms with Gasteiger partial charge in [-0.1, -0.05) is 35.8 Å². The van der Waals surface area contributed by atoms with Gasteiger partial charge in [-0.05, 0) is 24.3 Å². The Hall–Kier alpha value is -0.350. The highest BCUT2D eigenvalue weighted by Crippen LogP contribution is 2.20. The standard InChI is InChI=1S/C11H16BrNOS/c1-7(2)10(12)11(14)13-8(3)9-5-4-6-15-9/h4-8,10H,1-3H3,(H,13,14)/t8-,10?/m0/s1. The van der Waals surface area contributed by atoms with Crippen molar-refractivity contribution in [1.82, 2.24) is 5.32 Å². The lowest BCUT2D eigenvalue weighted by Crippen LogP contribution is -2.35. The van der Waals surface area contributed by atoms with Crippen molar-refractivity contribution >= 4 is 33.2 Å². The lowest BCUT2D eigenvalue weighted by molar-refractivity contribution is -0.121. The molecule has 2 nitrogen and oxygen atoms in total. The van der Waals surface area contributed by atoms with E-state index in [9.17, 15) is 4.79 Å². The molecule has 1 amide bonds. The first-order valence-electron chi connectivity index (χ1n) is 5.00. The minimum Gasteiger partial charge on any atom is -0.348 e. The van der Waals surface area contributed by atoms with Crippen molar-refractivity contribution in [3.05, 3.63) is 22.4 Å². The summed E-state index contributed by atoms with van der Waals surface area (Å²) in [6.45, 7) is 6.05. The second kappa shape index (κ2) is 5.66. The van der Waals surface area contributed by atoms with E-state index >= 15 is 0 Å². The van der Waals surface area contributed by atoms with Crippen LogP contribution in [0.25, 0.3) is 0 Å². The van der Waals surface area contributed by atoms with Gasteiger partial charge in [0, 0.05) is 4.88 Å². The van der Waals surface area contributed by atoms with Gasteiger partial charge in [0.15, 0.2) is 0 Å². The van der Waals surface area contributed by atoms with E-state index in [-0.39, 0.29) is 16.8 Å². The molecular weight excluding hydrogens is 274 g/mol. The molecule has 0 aromatic carbocycles. The fraction of sp³-hybridized carbons (Fsp3) is 0.545. The Balaban J connectivity index is 2.52. The molecule has 2 atom stereocenters. The fourth-order valence-corrected chi connectivity index (χ4v) is 2.07. The smallest absolute Gasteiger partial charge is 0.234 e. The van der Waals surface area contributed by atoms with E-state index in [0.29, 0.717) is 5.92 Å². The normalized spacial score (nSPS) is 15.0. The third kappa shape index (κ3) is 3.61. The maximum absolute atomic E-state index is 11.7. The first kappa shape index (κ1) is 12.7. The number of hydrogen-bond donors (Lipinski definition) is 1. The molecule has 4 heteroatoms. The molecule has 1 aromatic rings. The Labute approximate surface area is 103 Å². The van der Waals surface area contributed by atoms with Crippen LogP contribution in [-0.2, 0) is 4.79 Å². The summed E-state index contributed by atoms with van der Waals surface area (Å²) in [5.74, 6) is 0.367. The molecule has 15 heavy (non-hydrogen) atoms. The minimum absolute atomic E-state index is 0.0610. The van der Waals surface area contributed by atoms with Gasteiger partial charge in [0.2, 0.25) is 5.91 Å². The van der Waals surface area contributed by atoms with Crippen LogP contribution in [0, 0.1) is 5.92 Å². The van der Waals surface area contributed by atoms with Crippen molar-refractivity contribution < 1.29 is 4.79 Å². The van der Waals surface area contributed by atoms with Crippen molar-refractivity contribution in [2.24, 2.45) is 5.92 Å². The maximum Gasteiger partial charge on any atom is 0.234 e. The Morgan fingerprint density at radius 1 is 1.47 bits per heavy atom. The van der Waals surface area contributed by atoms with Crippen molar-refractivity contribution in [3.63, 3.8) is 0 Å². The molecule has 0 aliphatic carbocycles. The third-order valence-electron chi connectivity index (χ3n) is 2.16. The fourth-order valence-electron chi connectivity index (χ4n) is 1.20. The number of hydrogen-bond acceptors (Lipinski definition) is 2. The highest BCUT2D eigenvalue weighted by molar-refractivity contribution is 9.10. The number of rotatable bonds is 4. The number of alkyl halides is 1. The van der Waals surface area contributed by atoms with Crippen molar-refractivity contribution in [3.8, 4) is 0 Å². The summed E-state index contributed by atoms with van der Waals surface area (Å²) in [6, 6.07) is 4.13. The molecule has 0 saturated carbocycles. The lowest BCUT2D eigenvalue weighted by atomic mass is 10.1. The van der Waals surface area contributed by atoms with E-state index in [1.54, 1.807) is 11.3 Å². The Bertz CT molecular complexity index is 310. The molecule has 1 unspecified atom stereocenters. The van der Waals surface area contributed by atoms with Crippen LogP contribution in [0.15, 0.2) is 17.5 Å². The van der Waals surface area contributed by atoms with Crippen LogP contribution in [0.5, 0.6) is 0 Å². The molecule has 0 aliphatic heterocycles. The first-order valence-corrected chi connectivity index (χ1v) is 6.79. The first-order chi connectivity index (χ1) is 7.02. The third-order valence-corrected chi connectivity index (χ3v) is 4.69. The summed E-state index contributed by atoms with van der Waals surface area (Å²) >= 11 is 5.05. The van der Waals surface area contributed by atoms with Crippen LogP contribution in [0.3, 0.4) is 0 Å². The molecule has 0 saturated heterocycles. The topological polar surface area (TPSA) is 29.1 Å². The molecular formula is C11H16BrNOS. The van der Waals surface area contributed by atoms with Crippen LogP contribution in [0.4, 0.5) is 0 Å². The monoisotopic (exact) mass is 289 g/mol. The number of carbonyl (C=O) groups excluding carboxylic acids is 1. The molecule has 1 heterocycles. The van der Waals surface area contributed by atoms with E-state index in [1.165, 1.54) is 4.88 Å². The van der Waals surface area contributed by atoms with Crippen LogP contribution in [0.2, 0.25) is 0 Å². The van der Waals surface area contributed by atoms with Gasteiger partial charge in [-0.3, -0.25) is 4.79 Å². The van der Waals surface area contributed by atoms with Crippen molar-refractivity contribution in [1.29, 1.82) is 0 Å². The van der Waals surface area contributed by atoms with Crippen molar-refractivity contribution in [2.45, 2.75) is 31.6 Å². The van der Waals surface area contributed by atoms with Gasteiger partial charge >= 0.3 is 0 Å². The summed E-state index contributed by atoms with van der Waals surface area (Å²) in [4.78, 5) is 12.8. The highest BCUT2D eigenvalue weighted by atomic mass is 79.9. The average molecular weight is 290 g/mol. The van der Waals surface area contributed by atoms with Crippen LogP contribution >= 0.6 is 27.3 Å². The van der Waals surface area contributed by atoms with Gasteiger partial charge in [-0.2, -0.15) is 0 Å². The van der Waals surface area contributed by atoms with Gasteiger partial charge in [0.05, 0.1) is 10.9 Å². The predicted octanol–water partition coefficient (Wildman–Crippen LogP) is 3.34. The summed E-state index contributed by atoms with van der Waals surface area (Å²) in [5.41, 5.74) is 0. The summed E-state index contributed by atoms with van der Waals surface area (Å²) in [7, 11) is 0. The van der Waals surface area contributed by atoms with E-state index < -0.39 is 0 Å². The largest absolute Gasteiger partial charge is 0.348 e. The molecule has 0 radical (unpaired) electrons. The zero-order valence-electron chi connectivity index (χ0n) is 9.16. The predicted molar refractivity (Wildman–Crippen MR) is 68.4 cm³/mol. The van der Waals surface area contributed by atoms with Gasteiger partial charge < -0.3 is 5.32 Å². The molecule has 0 fully saturated rings. The second-order valence-electron chi connectivity index (χ2n) is 3.89. The molecule has 0 spiro atoms. The molecule has 0 bridgehead atoms. The summed E-state index contributed by atoms with van der Waals surface area (Å²) < 4.78 is 0. The summed E-state index contributed by atoms with van der Waals surface area (Å²) in [6.07, 6.45) is 0. The van der Waals surface area contributed by atoms with Crippen LogP contribution in [0.1, 0.15) is 31.7 Å². The quantitative estimate of drug-likeness (QED) is 0.847. The number of nitrogens with one attached hydrogen (secondary N) is 1. The number of halogens is 1. The Morgan fingerprint density at radius 3 is 2.60 bits per heavy atom. The maximum atomic E-state index is 11.7. The zero-order chi connectivity index (χ0) is 11.4. The molecule has 1 rings (SSSR count). The summed E-state index contributed by atoms with van der Waals surface area (Å²) in [5, 5.41) is 5.01. The highest BCUT2D eigenvalue weighted by Gasteiger charge is 2.20. The van der Waals surface area contributed by atoms with Crippen molar-refractivity contribution in [2.75, 3.05) is 0 Å². The van der Waals surface area contributed by atoms with E-state index in [4.69, 9.17) is 0 Å².